The zero-order valence-electron chi connectivity index (χ0n) is 23.3. The first kappa shape index (κ1) is 31.7. The number of piperidine rings is 1. The fourth-order valence-electron chi connectivity index (χ4n) is 3.79. The van der Waals surface area contributed by atoms with E-state index in [1.54, 1.807) is 26.2 Å². The van der Waals surface area contributed by atoms with Gasteiger partial charge >= 0.3 is 0 Å². The van der Waals surface area contributed by atoms with E-state index in [1.165, 1.54) is 0 Å². The summed E-state index contributed by atoms with van der Waals surface area (Å²) >= 11 is 0. The molecule has 1 saturated heterocycles. The molecule has 1 aliphatic heterocycles. The zero-order valence-corrected chi connectivity index (χ0v) is 23.3. The van der Waals surface area contributed by atoms with Gasteiger partial charge < -0.3 is 25.7 Å². The van der Waals surface area contributed by atoms with E-state index < -0.39 is 17.9 Å². The van der Waals surface area contributed by atoms with Crippen LogP contribution >= 0.6 is 0 Å². The maximum absolute atomic E-state index is 12.5. The van der Waals surface area contributed by atoms with Gasteiger partial charge in [-0.25, -0.2) is 0 Å². The third kappa shape index (κ3) is 10.3. The smallest absolute Gasteiger partial charge is 0.268 e. The normalized spacial score (nSPS) is 15.4. The Bertz CT molecular complexity index is 1030. The lowest BCUT2D eigenvalue weighted by molar-refractivity contribution is -0.130. The number of aromatic nitrogens is 1. The predicted molar refractivity (Wildman–Crippen MR) is 147 cm³/mol. The van der Waals surface area contributed by atoms with Crippen LogP contribution in [0.4, 0.5) is 0 Å². The largest absolute Gasteiger partial charge is 0.496 e. The van der Waals surface area contributed by atoms with Crippen LogP contribution in [-0.4, -0.2) is 54.7 Å². The lowest BCUT2D eigenvalue weighted by atomic mass is 9.89. The number of Topliss-reactive ketones (excluding diaryl/α,β-unsaturated/α-hetero) is 1. The molecule has 2 heterocycles. The Kier molecular flexibility index (Phi) is 14.0. The minimum atomic E-state index is -0.749. The monoisotopic (exact) mass is 516 g/mol. The van der Waals surface area contributed by atoms with Crippen molar-refractivity contribution < 1.29 is 23.9 Å². The van der Waals surface area contributed by atoms with E-state index in [0.29, 0.717) is 24.4 Å². The van der Waals surface area contributed by atoms with Gasteiger partial charge in [-0.2, -0.15) is 0 Å². The Balaban J connectivity index is 0.00000104. The molecule has 1 aromatic heterocycles. The molecule has 1 aliphatic rings. The average Bonchev–Trinajstić information content (AvgIpc) is 3.33. The van der Waals surface area contributed by atoms with Gasteiger partial charge in [0.25, 0.3) is 5.91 Å². The maximum Gasteiger partial charge on any atom is 0.268 e. The SMILES string of the molecule is CC.CC(C)C.CCC(=O)[C@H](C[C@@H]1CCCNC1=O)NC(=O)CNC(=O)c1cc2c(OC)cccc2[nH]1. The Labute approximate surface area is 220 Å². The summed E-state index contributed by atoms with van der Waals surface area (Å²) in [5.41, 5.74) is 1.04. The first-order chi connectivity index (χ1) is 17.7. The number of ether oxygens (including phenoxy) is 1. The number of hydrogen-bond acceptors (Lipinski definition) is 5. The lowest BCUT2D eigenvalue weighted by Gasteiger charge is -2.26. The summed E-state index contributed by atoms with van der Waals surface area (Å²) in [6.45, 7) is 12.6. The number of benzene rings is 1. The Morgan fingerprint density at radius 3 is 2.43 bits per heavy atom. The van der Waals surface area contributed by atoms with E-state index in [-0.39, 0.29) is 37.0 Å². The number of amides is 3. The summed E-state index contributed by atoms with van der Waals surface area (Å²) in [6.07, 6.45) is 2.06. The predicted octanol–water partition coefficient (Wildman–Crippen LogP) is 3.98. The molecule has 37 heavy (non-hydrogen) atoms. The van der Waals surface area contributed by atoms with Crippen LogP contribution in [0.25, 0.3) is 10.9 Å². The van der Waals surface area contributed by atoms with Crippen LogP contribution in [0.3, 0.4) is 0 Å². The number of fused-ring (bicyclic) bond motifs is 1. The Morgan fingerprint density at radius 2 is 1.84 bits per heavy atom. The molecule has 2 aromatic rings. The van der Waals surface area contributed by atoms with Gasteiger partial charge in [-0.1, -0.05) is 47.6 Å². The van der Waals surface area contributed by atoms with Crippen molar-refractivity contribution in [3.63, 3.8) is 0 Å². The number of ketones is 1. The van der Waals surface area contributed by atoms with Crippen molar-refractivity contribution in [2.45, 2.75) is 73.3 Å². The van der Waals surface area contributed by atoms with Crippen LogP contribution in [0.5, 0.6) is 5.75 Å². The molecule has 0 saturated carbocycles. The fraction of sp³-hybridized carbons (Fsp3) is 0.571. The van der Waals surface area contributed by atoms with Crippen LogP contribution in [0.2, 0.25) is 0 Å². The van der Waals surface area contributed by atoms with E-state index in [4.69, 9.17) is 4.74 Å². The average molecular weight is 517 g/mol. The molecule has 4 N–H and O–H groups in total. The molecular weight excluding hydrogens is 472 g/mol. The van der Waals surface area contributed by atoms with Gasteiger partial charge in [0.2, 0.25) is 11.8 Å². The van der Waals surface area contributed by atoms with Crippen molar-refractivity contribution in [3.05, 3.63) is 30.0 Å². The second-order valence-corrected chi connectivity index (χ2v) is 9.33. The molecule has 206 valence electrons. The summed E-state index contributed by atoms with van der Waals surface area (Å²) in [5.74, 6) is 0.0184. The van der Waals surface area contributed by atoms with Crippen molar-refractivity contribution in [1.82, 2.24) is 20.9 Å². The minimum absolute atomic E-state index is 0.0862. The molecule has 3 rings (SSSR count). The topological polar surface area (TPSA) is 129 Å². The third-order valence-corrected chi connectivity index (χ3v) is 5.49. The molecule has 9 nitrogen and oxygen atoms in total. The van der Waals surface area contributed by atoms with E-state index in [9.17, 15) is 19.2 Å². The highest BCUT2D eigenvalue weighted by Gasteiger charge is 2.29. The molecule has 0 unspecified atom stereocenters. The Morgan fingerprint density at radius 1 is 1.16 bits per heavy atom. The summed E-state index contributed by atoms with van der Waals surface area (Å²) in [6, 6.07) is 6.34. The number of hydrogen-bond donors (Lipinski definition) is 4. The lowest BCUT2D eigenvalue weighted by Crippen LogP contribution is -2.48. The number of methoxy groups -OCH3 is 1. The molecule has 1 aromatic carbocycles. The highest BCUT2D eigenvalue weighted by Crippen LogP contribution is 2.26. The number of carbonyl (C=O) groups is 4. The van der Waals surface area contributed by atoms with Crippen molar-refractivity contribution in [2.75, 3.05) is 20.2 Å². The summed E-state index contributed by atoms with van der Waals surface area (Å²) in [5, 5.41) is 8.79. The number of rotatable bonds is 9. The van der Waals surface area contributed by atoms with E-state index >= 15 is 0 Å². The van der Waals surface area contributed by atoms with Gasteiger partial charge in [0.1, 0.15) is 11.4 Å². The van der Waals surface area contributed by atoms with Crippen molar-refractivity contribution in [3.8, 4) is 5.75 Å². The van der Waals surface area contributed by atoms with Crippen molar-refractivity contribution >= 4 is 34.4 Å². The second kappa shape index (κ2) is 16.4. The zero-order chi connectivity index (χ0) is 28.0. The summed E-state index contributed by atoms with van der Waals surface area (Å²) in [4.78, 5) is 52.2. The highest BCUT2D eigenvalue weighted by molar-refractivity contribution is 6.01. The quantitative estimate of drug-likeness (QED) is 0.401. The maximum atomic E-state index is 12.5. The van der Waals surface area contributed by atoms with Gasteiger partial charge in [-0.3, -0.25) is 19.2 Å². The van der Waals surface area contributed by atoms with Crippen LogP contribution in [0.15, 0.2) is 24.3 Å². The number of H-pyrrole nitrogens is 1. The van der Waals surface area contributed by atoms with E-state index in [1.807, 2.05) is 26.0 Å². The van der Waals surface area contributed by atoms with Gasteiger partial charge in [0, 0.05) is 29.8 Å². The van der Waals surface area contributed by atoms with Crippen LogP contribution in [0, 0.1) is 11.8 Å². The first-order valence-corrected chi connectivity index (χ1v) is 13.2. The van der Waals surface area contributed by atoms with Crippen LogP contribution in [0.1, 0.15) is 77.7 Å². The van der Waals surface area contributed by atoms with Gasteiger partial charge in [0.15, 0.2) is 5.78 Å². The van der Waals surface area contributed by atoms with Crippen molar-refractivity contribution in [1.29, 1.82) is 0 Å². The summed E-state index contributed by atoms with van der Waals surface area (Å²) in [7, 11) is 1.55. The molecule has 9 heteroatoms. The van der Waals surface area contributed by atoms with Crippen molar-refractivity contribution in [2.24, 2.45) is 11.8 Å². The highest BCUT2D eigenvalue weighted by atomic mass is 16.5. The van der Waals surface area contributed by atoms with Gasteiger partial charge in [-0.15, -0.1) is 0 Å². The number of carbonyl (C=O) groups excluding carboxylic acids is 4. The molecule has 0 radical (unpaired) electrons. The minimum Gasteiger partial charge on any atom is -0.496 e. The van der Waals surface area contributed by atoms with Gasteiger partial charge in [0.05, 0.1) is 19.7 Å². The van der Waals surface area contributed by atoms with E-state index in [0.717, 1.165) is 23.2 Å². The second-order valence-electron chi connectivity index (χ2n) is 9.33. The molecule has 1 fully saturated rings. The third-order valence-electron chi connectivity index (χ3n) is 5.49. The first-order valence-electron chi connectivity index (χ1n) is 13.2. The van der Waals surface area contributed by atoms with Crippen LogP contribution in [-0.2, 0) is 14.4 Å². The molecule has 0 spiro atoms. The summed E-state index contributed by atoms with van der Waals surface area (Å²) < 4.78 is 5.29. The Hall–Kier alpha value is -3.36. The molecular formula is C28H44N4O5. The molecule has 0 bridgehead atoms. The molecule has 0 aliphatic carbocycles. The van der Waals surface area contributed by atoms with E-state index in [2.05, 4.69) is 41.7 Å². The fourth-order valence-corrected chi connectivity index (χ4v) is 3.79. The van der Waals surface area contributed by atoms with Crippen LogP contribution < -0.4 is 20.7 Å². The number of nitrogens with one attached hydrogen (secondary N) is 4. The van der Waals surface area contributed by atoms with Gasteiger partial charge in [-0.05, 0) is 43.4 Å². The standard InChI is InChI=1S/C22H28N4O5.C4H10.C2H6/c1-3-18(27)16(10-13-6-5-9-23-21(13)29)26-20(28)12-24-22(30)17-11-14-15(25-17)7-4-8-19(14)31-2;1-4(2)3;1-2/h4,7-8,11,13,16,25H,3,5-6,9-10,12H2,1-2H3,(H,23,29)(H,24,30)(H,26,28);4H,1-3H3;1-2H3/t13-,16-;;/m0../s1. The molecule has 2 atom stereocenters. The number of aromatic amines is 1. The molecule has 3 amide bonds.